The van der Waals surface area contributed by atoms with Crippen molar-refractivity contribution in [1.29, 1.82) is 0 Å². The third kappa shape index (κ3) is 3.23. The molecule has 0 saturated carbocycles. The zero-order valence-corrected chi connectivity index (χ0v) is 14.4. The van der Waals surface area contributed by atoms with E-state index in [9.17, 15) is 9.18 Å². The van der Waals surface area contributed by atoms with E-state index in [4.69, 9.17) is 0 Å². The average Bonchev–Trinajstić information content (AvgIpc) is 3.08. The number of rotatable bonds is 4. The molecular formula is C20H19FN4O. The SMILES string of the molecule is Cc1cccc(CNC2CNC(=O)c3cc(-c4ccc(F)cc4)nn32)c1. The summed E-state index contributed by atoms with van der Waals surface area (Å²) >= 11 is 0. The van der Waals surface area contributed by atoms with Crippen LogP contribution in [0.2, 0.25) is 0 Å². The van der Waals surface area contributed by atoms with E-state index in [-0.39, 0.29) is 17.9 Å². The maximum atomic E-state index is 13.1. The van der Waals surface area contributed by atoms with Crippen LogP contribution >= 0.6 is 0 Å². The van der Waals surface area contributed by atoms with Crippen molar-refractivity contribution in [2.45, 2.75) is 19.6 Å². The van der Waals surface area contributed by atoms with Crippen molar-refractivity contribution in [3.63, 3.8) is 0 Å². The summed E-state index contributed by atoms with van der Waals surface area (Å²) in [6.45, 7) is 3.19. The molecule has 6 heteroatoms. The van der Waals surface area contributed by atoms with Gasteiger partial charge in [0.1, 0.15) is 17.7 Å². The standard InChI is InChI=1S/C20H19FN4O/c1-13-3-2-4-14(9-13)11-22-19-12-23-20(26)18-10-17(24-25(18)19)15-5-7-16(21)8-6-15/h2-10,19,22H,11-12H2,1H3,(H,23,26). The van der Waals surface area contributed by atoms with Gasteiger partial charge in [0.25, 0.3) is 5.91 Å². The zero-order valence-electron chi connectivity index (χ0n) is 14.4. The Hall–Kier alpha value is -2.99. The molecule has 0 spiro atoms. The van der Waals surface area contributed by atoms with Gasteiger partial charge in [-0.2, -0.15) is 5.10 Å². The Balaban J connectivity index is 1.59. The number of nitrogens with zero attached hydrogens (tertiary/aromatic N) is 2. The van der Waals surface area contributed by atoms with Crippen molar-refractivity contribution in [2.24, 2.45) is 0 Å². The summed E-state index contributed by atoms with van der Waals surface area (Å²) in [6.07, 6.45) is -0.141. The molecule has 0 aliphatic carbocycles. The first kappa shape index (κ1) is 16.5. The number of aryl methyl sites for hydroxylation is 1. The van der Waals surface area contributed by atoms with Crippen LogP contribution in [0.25, 0.3) is 11.3 Å². The van der Waals surface area contributed by atoms with Gasteiger partial charge in [0.15, 0.2) is 0 Å². The fourth-order valence-electron chi connectivity index (χ4n) is 3.15. The third-order valence-corrected chi connectivity index (χ3v) is 4.48. The number of hydrogen-bond acceptors (Lipinski definition) is 3. The second-order valence-corrected chi connectivity index (χ2v) is 6.46. The number of fused-ring (bicyclic) bond motifs is 1. The molecule has 2 aromatic carbocycles. The molecule has 1 aliphatic heterocycles. The van der Waals surface area contributed by atoms with Crippen LogP contribution in [0.3, 0.4) is 0 Å². The van der Waals surface area contributed by atoms with E-state index in [0.29, 0.717) is 24.5 Å². The van der Waals surface area contributed by atoms with Crippen LogP contribution in [-0.4, -0.2) is 22.2 Å². The lowest BCUT2D eigenvalue weighted by atomic mass is 10.1. The number of carbonyl (C=O) groups excluding carboxylic acids is 1. The lowest BCUT2D eigenvalue weighted by molar-refractivity contribution is 0.0900. The Bertz CT molecular complexity index is 949. The van der Waals surface area contributed by atoms with E-state index in [2.05, 4.69) is 40.9 Å². The molecule has 0 bridgehead atoms. The molecule has 1 unspecified atom stereocenters. The van der Waals surface area contributed by atoms with Gasteiger partial charge in [0, 0.05) is 12.1 Å². The van der Waals surface area contributed by atoms with Crippen LogP contribution in [0.4, 0.5) is 4.39 Å². The summed E-state index contributed by atoms with van der Waals surface area (Å²) in [5.74, 6) is -0.451. The topological polar surface area (TPSA) is 58.9 Å². The van der Waals surface area contributed by atoms with Gasteiger partial charge in [0.05, 0.1) is 12.2 Å². The predicted octanol–water partition coefficient (Wildman–Crippen LogP) is 3.03. The highest BCUT2D eigenvalue weighted by Crippen LogP contribution is 2.23. The van der Waals surface area contributed by atoms with Crippen LogP contribution in [0.5, 0.6) is 0 Å². The molecule has 5 nitrogen and oxygen atoms in total. The van der Waals surface area contributed by atoms with Crippen LogP contribution in [0, 0.1) is 12.7 Å². The van der Waals surface area contributed by atoms with Gasteiger partial charge in [-0.3, -0.25) is 10.1 Å². The minimum atomic E-state index is -0.298. The lowest BCUT2D eigenvalue weighted by Gasteiger charge is -2.25. The lowest BCUT2D eigenvalue weighted by Crippen LogP contribution is -2.45. The fourth-order valence-corrected chi connectivity index (χ4v) is 3.15. The Morgan fingerprint density at radius 3 is 2.81 bits per heavy atom. The maximum absolute atomic E-state index is 13.1. The summed E-state index contributed by atoms with van der Waals surface area (Å²) in [6, 6.07) is 16.1. The van der Waals surface area contributed by atoms with Crippen molar-refractivity contribution >= 4 is 5.91 Å². The maximum Gasteiger partial charge on any atom is 0.269 e. The molecule has 0 saturated heterocycles. The van der Waals surface area contributed by atoms with Gasteiger partial charge >= 0.3 is 0 Å². The third-order valence-electron chi connectivity index (χ3n) is 4.48. The Labute approximate surface area is 150 Å². The second kappa shape index (κ2) is 6.72. The summed E-state index contributed by atoms with van der Waals surface area (Å²) in [5, 5.41) is 10.9. The normalized spacial score (nSPS) is 16.2. The summed E-state index contributed by atoms with van der Waals surface area (Å²) in [7, 11) is 0. The van der Waals surface area contributed by atoms with E-state index in [0.717, 1.165) is 5.56 Å². The van der Waals surface area contributed by atoms with Crippen molar-refractivity contribution in [3.05, 3.63) is 77.2 Å². The fraction of sp³-hybridized carbons (Fsp3) is 0.200. The largest absolute Gasteiger partial charge is 0.347 e. The highest BCUT2D eigenvalue weighted by Gasteiger charge is 2.27. The average molecular weight is 350 g/mol. The number of hydrogen-bond donors (Lipinski definition) is 2. The molecule has 3 aromatic rings. The highest BCUT2D eigenvalue weighted by atomic mass is 19.1. The van der Waals surface area contributed by atoms with Crippen LogP contribution < -0.4 is 10.6 Å². The highest BCUT2D eigenvalue weighted by molar-refractivity contribution is 5.94. The molecule has 1 atom stereocenters. The van der Waals surface area contributed by atoms with Crippen molar-refractivity contribution in [1.82, 2.24) is 20.4 Å². The number of nitrogens with one attached hydrogen (secondary N) is 2. The molecule has 1 aromatic heterocycles. The smallest absolute Gasteiger partial charge is 0.269 e. The van der Waals surface area contributed by atoms with E-state index >= 15 is 0 Å². The van der Waals surface area contributed by atoms with Crippen molar-refractivity contribution in [3.8, 4) is 11.3 Å². The van der Waals surface area contributed by atoms with Crippen LogP contribution in [-0.2, 0) is 6.54 Å². The molecule has 2 heterocycles. The van der Waals surface area contributed by atoms with Gasteiger partial charge in [-0.1, -0.05) is 29.8 Å². The van der Waals surface area contributed by atoms with Gasteiger partial charge in [0.2, 0.25) is 0 Å². The molecule has 4 rings (SSSR count). The first-order valence-corrected chi connectivity index (χ1v) is 8.53. The molecule has 0 radical (unpaired) electrons. The number of halogens is 1. The monoisotopic (exact) mass is 350 g/mol. The molecular weight excluding hydrogens is 331 g/mol. The number of amides is 1. The van der Waals surface area contributed by atoms with E-state index in [1.165, 1.54) is 23.3 Å². The first-order chi connectivity index (χ1) is 12.6. The quantitative estimate of drug-likeness (QED) is 0.760. The van der Waals surface area contributed by atoms with E-state index < -0.39 is 0 Å². The molecule has 26 heavy (non-hydrogen) atoms. The van der Waals surface area contributed by atoms with Gasteiger partial charge in [-0.25, -0.2) is 9.07 Å². The minimum absolute atomic E-state index is 0.141. The molecule has 132 valence electrons. The Morgan fingerprint density at radius 2 is 2.04 bits per heavy atom. The van der Waals surface area contributed by atoms with E-state index in [1.807, 2.05) is 6.07 Å². The molecule has 1 amide bonds. The molecule has 2 N–H and O–H groups in total. The number of carbonyl (C=O) groups is 1. The Kier molecular flexibility index (Phi) is 4.26. The van der Waals surface area contributed by atoms with E-state index in [1.54, 1.807) is 22.9 Å². The summed E-state index contributed by atoms with van der Waals surface area (Å²) in [5.41, 5.74) is 4.31. The summed E-state index contributed by atoms with van der Waals surface area (Å²) < 4.78 is 14.9. The number of benzene rings is 2. The Morgan fingerprint density at radius 1 is 1.23 bits per heavy atom. The predicted molar refractivity (Wildman–Crippen MR) is 97.0 cm³/mol. The van der Waals surface area contributed by atoms with Gasteiger partial charge in [-0.15, -0.1) is 0 Å². The molecule has 1 aliphatic rings. The zero-order chi connectivity index (χ0) is 18.1. The summed E-state index contributed by atoms with van der Waals surface area (Å²) in [4.78, 5) is 12.2. The van der Waals surface area contributed by atoms with Crippen molar-refractivity contribution in [2.75, 3.05) is 6.54 Å². The van der Waals surface area contributed by atoms with Gasteiger partial charge in [-0.05, 0) is 42.8 Å². The van der Waals surface area contributed by atoms with Crippen LogP contribution in [0.1, 0.15) is 27.8 Å². The molecule has 0 fully saturated rings. The second-order valence-electron chi connectivity index (χ2n) is 6.46. The number of aromatic nitrogens is 2. The van der Waals surface area contributed by atoms with Crippen molar-refractivity contribution < 1.29 is 9.18 Å². The van der Waals surface area contributed by atoms with Gasteiger partial charge < -0.3 is 5.32 Å². The van der Waals surface area contributed by atoms with Crippen LogP contribution in [0.15, 0.2) is 54.6 Å². The first-order valence-electron chi connectivity index (χ1n) is 8.53. The minimum Gasteiger partial charge on any atom is -0.347 e.